The molecule has 0 spiro atoms. The minimum atomic E-state index is -0.507. The van der Waals surface area contributed by atoms with E-state index in [9.17, 15) is 4.79 Å². The monoisotopic (exact) mass is 229 g/mol. The van der Waals surface area contributed by atoms with E-state index in [1.165, 1.54) is 17.1 Å². The van der Waals surface area contributed by atoms with Crippen LogP contribution in [-0.4, -0.2) is 27.6 Å². The predicted octanol–water partition coefficient (Wildman–Crippen LogP) is 1.61. The van der Waals surface area contributed by atoms with Crippen molar-refractivity contribution in [3.63, 3.8) is 0 Å². The van der Waals surface area contributed by atoms with E-state index in [2.05, 4.69) is 16.8 Å². The van der Waals surface area contributed by atoms with Gasteiger partial charge in [-0.1, -0.05) is 30.9 Å². The number of rotatable bonds is 4. The topological polar surface area (TPSA) is 57.0 Å². The summed E-state index contributed by atoms with van der Waals surface area (Å²) in [6, 6.07) is 9.33. The van der Waals surface area contributed by atoms with Crippen LogP contribution in [0.3, 0.4) is 0 Å². The first-order valence-corrected chi connectivity index (χ1v) is 5.07. The fraction of sp³-hybridized carbons (Fsp3) is 0.0833. The van der Waals surface area contributed by atoms with Gasteiger partial charge in [-0.05, 0) is 12.1 Å². The van der Waals surface area contributed by atoms with E-state index in [4.69, 9.17) is 4.74 Å². The maximum Gasteiger partial charge on any atom is 0.360 e. The van der Waals surface area contributed by atoms with E-state index in [0.29, 0.717) is 0 Å². The molecular weight excluding hydrogens is 218 g/mol. The highest BCUT2D eigenvalue weighted by Gasteiger charge is 2.11. The van der Waals surface area contributed by atoms with Crippen LogP contribution in [0.5, 0.6) is 0 Å². The molecule has 0 bridgehead atoms. The van der Waals surface area contributed by atoms with Crippen molar-refractivity contribution in [2.75, 3.05) is 6.61 Å². The molecule has 0 saturated carbocycles. The molecule has 0 aliphatic rings. The first-order chi connectivity index (χ1) is 8.31. The van der Waals surface area contributed by atoms with Gasteiger partial charge in [0.05, 0.1) is 11.9 Å². The Kier molecular flexibility index (Phi) is 3.30. The third-order valence-corrected chi connectivity index (χ3v) is 2.02. The minimum absolute atomic E-state index is 0.164. The summed E-state index contributed by atoms with van der Waals surface area (Å²) in [7, 11) is 0. The molecule has 5 nitrogen and oxygen atoms in total. The Hall–Kier alpha value is -2.43. The van der Waals surface area contributed by atoms with Gasteiger partial charge in [-0.25, -0.2) is 4.79 Å². The summed E-state index contributed by atoms with van der Waals surface area (Å²) in [5, 5.41) is 8.02. The van der Waals surface area contributed by atoms with Crippen LogP contribution in [0.1, 0.15) is 10.5 Å². The molecule has 5 heteroatoms. The van der Waals surface area contributed by atoms with E-state index in [-0.39, 0.29) is 12.3 Å². The molecule has 0 fully saturated rings. The second kappa shape index (κ2) is 5.07. The molecule has 1 aromatic carbocycles. The molecule has 0 atom stereocenters. The quantitative estimate of drug-likeness (QED) is 0.590. The number of carbonyl (C=O) groups excluding carboxylic acids is 1. The molecule has 86 valence electrons. The van der Waals surface area contributed by atoms with Crippen LogP contribution in [0.4, 0.5) is 0 Å². The second-order valence-corrected chi connectivity index (χ2v) is 3.24. The van der Waals surface area contributed by atoms with Crippen LogP contribution < -0.4 is 0 Å². The SMILES string of the molecule is C=CCOC(=O)c1cnn(-c2ccccc2)n1. The maximum atomic E-state index is 11.5. The van der Waals surface area contributed by atoms with E-state index in [1.54, 1.807) is 0 Å². The summed E-state index contributed by atoms with van der Waals surface area (Å²) in [5.41, 5.74) is 0.964. The maximum absolute atomic E-state index is 11.5. The van der Waals surface area contributed by atoms with Crippen molar-refractivity contribution in [1.29, 1.82) is 0 Å². The van der Waals surface area contributed by atoms with Crippen molar-refractivity contribution < 1.29 is 9.53 Å². The summed E-state index contributed by atoms with van der Waals surface area (Å²) >= 11 is 0. The average molecular weight is 229 g/mol. The number of aromatic nitrogens is 3. The van der Waals surface area contributed by atoms with Gasteiger partial charge < -0.3 is 4.74 Å². The molecule has 1 aromatic heterocycles. The van der Waals surface area contributed by atoms with Gasteiger partial charge in [-0.15, -0.1) is 5.10 Å². The molecule has 17 heavy (non-hydrogen) atoms. The molecule has 0 aliphatic carbocycles. The van der Waals surface area contributed by atoms with Crippen molar-refractivity contribution in [3.05, 3.63) is 54.9 Å². The van der Waals surface area contributed by atoms with Gasteiger partial charge in [-0.2, -0.15) is 9.90 Å². The number of para-hydroxylation sites is 1. The number of carbonyl (C=O) groups is 1. The van der Waals surface area contributed by atoms with E-state index in [0.717, 1.165) is 5.69 Å². The van der Waals surface area contributed by atoms with Gasteiger partial charge in [0.2, 0.25) is 0 Å². The highest BCUT2D eigenvalue weighted by Crippen LogP contribution is 2.04. The molecule has 0 saturated heterocycles. The zero-order chi connectivity index (χ0) is 12.1. The van der Waals surface area contributed by atoms with Crippen molar-refractivity contribution in [2.45, 2.75) is 0 Å². The van der Waals surface area contributed by atoms with E-state index < -0.39 is 5.97 Å². The standard InChI is InChI=1S/C12H11N3O2/c1-2-8-17-12(16)11-9-13-15(14-11)10-6-4-3-5-7-10/h2-7,9H,1,8H2. The van der Waals surface area contributed by atoms with Crippen molar-refractivity contribution in [1.82, 2.24) is 15.0 Å². The number of esters is 1. The lowest BCUT2D eigenvalue weighted by Crippen LogP contribution is -2.07. The lowest BCUT2D eigenvalue weighted by molar-refractivity contribution is 0.0542. The Bertz CT molecular complexity index is 520. The number of nitrogens with zero attached hydrogens (tertiary/aromatic N) is 3. The lowest BCUT2D eigenvalue weighted by atomic mass is 10.3. The van der Waals surface area contributed by atoms with Crippen LogP contribution in [0.2, 0.25) is 0 Å². The fourth-order valence-electron chi connectivity index (χ4n) is 1.25. The van der Waals surface area contributed by atoms with Crippen molar-refractivity contribution in [3.8, 4) is 5.69 Å². The normalized spacial score (nSPS) is 9.88. The molecule has 2 aromatic rings. The van der Waals surface area contributed by atoms with Gasteiger partial charge in [-0.3, -0.25) is 0 Å². The number of hydrogen-bond donors (Lipinski definition) is 0. The second-order valence-electron chi connectivity index (χ2n) is 3.24. The number of ether oxygens (including phenoxy) is 1. The smallest absolute Gasteiger partial charge is 0.360 e. The molecule has 0 radical (unpaired) electrons. The van der Waals surface area contributed by atoms with Crippen molar-refractivity contribution >= 4 is 5.97 Å². The molecule has 2 rings (SSSR count). The Morgan fingerprint density at radius 1 is 1.41 bits per heavy atom. The Morgan fingerprint density at radius 3 is 2.88 bits per heavy atom. The van der Waals surface area contributed by atoms with Gasteiger partial charge in [0.25, 0.3) is 0 Å². The van der Waals surface area contributed by atoms with E-state index in [1.807, 2.05) is 30.3 Å². The number of hydrogen-bond acceptors (Lipinski definition) is 4. The summed E-state index contributed by atoms with van der Waals surface area (Å²) < 4.78 is 4.85. The zero-order valence-corrected chi connectivity index (χ0v) is 9.11. The van der Waals surface area contributed by atoms with Crippen LogP contribution in [0.15, 0.2) is 49.2 Å². The highest BCUT2D eigenvalue weighted by molar-refractivity contribution is 5.86. The third kappa shape index (κ3) is 2.57. The van der Waals surface area contributed by atoms with Crippen LogP contribution in [-0.2, 0) is 4.74 Å². The molecule has 1 heterocycles. The summed E-state index contributed by atoms with van der Waals surface area (Å²) in [6.07, 6.45) is 2.87. The molecule has 0 N–H and O–H groups in total. The summed E-state index contributed by atoms with van der Waals surface area (Å²) in [6.45, 7) is 3.62. The van der Waals surface area contributed by atoms with Gasteiger partial charge in [0, 0.05) is 0 Å². The Balaban J connectivity index is 2.16. The van der Waals surface area contributed by atoms with Gasteiger partial charge in [0.1, 0.15) is 6.61 Å². The Morgan fingerprint density at radius 2 is 2.18 bits per heavy atom. The predicted molar refractivity (Wildman–Crippen MR) is 61.8 cm³/mol. The number of benzene rings is 1. The first-order valence-electron chi connectivity index (χ1n) is 5.07. The van der Waals surface area contributed by atoms with Gasteiger partial charge in [0.15, 0.2) is 5.69 Å². The van der Waals surface area contributed by atoms with Crippen LogP contribution in [0, 0.1) is 0 Å². The molecule has 0 amide bonds. The van der Waals surface area contributed by atoms with Crippen LogP contribution in [0.25, 0.3) is 5.69 Å². The van der Waals surface area contributed by atoms with Gasteiger partial charge >= 0.3 is 5.97 Å². The minimum Gasteiger partial charge on any atom is -0.457 e. The fourth-order valence-corrected chi connectivity index (χ4v) is 1.25. The summed E-state index contributed by atoms with van der Waals surface area (Å²) in [4.78, 5) is 12.8. The van der Waals surface area contributed by atoms with Crippen molar-refractivity contribution in [2.24, 2.45) is 0 Å². The third-order valence-electron chi connectivity index (χ3n) is 2.02. The first kappa shape index (κ1) is 11.1. The largest absolute Gasteiger partial charge is 0.457 e. The summed E-state index contributed by atoms with van der Waals surface area (Å²) in [5.74, 6) is -0.507. The van der Waals surface area contributed by atoms with Crippen LogP contribution >= 0.6 is 0 Å². The average Bonchev–Trinajstić information content (AvgIpc) is 2.86. The molecule has 0 aliphatic heterocycles. The highest BCUT2D eigenvalue weighted by atomic mass is 16.5. The lowest BCUT2D eigenvalue weighted by Gasteiger charge is -1.98. The molecular formula is C12H11N3O2. The molecule has 0 unspecified atom stereocenters. The van der Waals surface area contributed by atoms with E-state index >= 15 is 0 Å². The Labute approximate surface area is 98.3 Å². The zero-order valence-electron chi connectivity index (χ0n) is 9.11.